The lowest BCUT2D eigenvalue weighted by Crippen LogP contribution is -2.34. The summed E-state index contributed by atoms with van der Waals surface area (Å²) < 4.78 is 1.91. The molecule has 30 heavy (non-hydrogen) atoms. The average molecular weight is 420 g/mol. The normalized spacial score (nSPS) is 10.6. The van der Waals surface area contributed by atoms with Crippen LogP contribution in [0, 0.1) is 32.1 Å². The molecule has 0 bridgehead atoms. The van der Waals surface area contributed by atoms with Crippen LogP contribution < -0.4 is 4.90 Å². The second-order valence-electron chi connectivity index (χ2n) is 7.20. The van der Waals surface area contributed by atoms with Crippen LogP contribution in [0.1, 0.15) is 23.1 Å². The average Bonchev–Trinajstić information content (AvgIpc) is 3.10. The number of rotatable bonds is 7. The molecule has 0 saturated carbocycles. The van der Waals surface area contributed by atoms with E-state index in [1.807, 2.05) is 68.8 Å². The molecule has 0 N–H and O–H groups in total. The summed E-state index contributed by atoms with van der Waals surface area (Å²) >= 11 is 1.36. The largest absolute Gasteiger partial charge is 0.310 e. The molecule has 0 aliphatic heterocycles. The van der Waals surface area contributed by atoms with Crippen LogP contribution in [-0.4, -0.2) is 33.0 Å². The highest BCUT2D eigenvalue weighted by atomic mass is 32.2. The van der Waals surface area contributed by atoms with Gasteiger partial charge >= 0.3 is 0 Å². The zero-order chi connectivity index (χ0) is 21.7. The number of benzene rings is 2. The SMILES string of the molecule is Cc1cccc(-c2nnc(SCC(=O)N(CCC#N)c3cccc(C)c3C)n2C)c1. The number of hydrogen-bond donors (Lipinski definition) is 0. The Morgan fingerprint density at radius 1 is 1.17 bits per heavy atom. The number of amides is 1. The number of nitriles is 1. The first-order chi connectivity index (χ1) is 14.4. The van der Waals surface area contributed by atoms with Crippen LogP contribution in [0.2, 0.25) is 0 Å². The van der Waals surface area contributed by atoms with Crippen LogP contribution >= 0.6 is 11.8 Å². The Kier molecular flexibility index (Phi) is 6.91. The third-order valence-electron chi connectivity index (χ3n) is 5.05. The van der Waals surface area contributed by atoms with E-state index in [1.54, 1.807) is 4.90 Å². The standard InChI is InChI=1S/C23H25N5OS/c1-16-8-5-10-19(14-16)22-25-26-23(27(22)4)30-15-21(29)28(13-7-12-24)20-11-6-9-17(2)18(20)3/h5-6,8-11,14H,7,13,15H2,1-4H3. The molecule has 0 aliphatic carbocycles. The van der Waals surface area contributed by atoms with Crippen molar-refractivity contribution >= 4 is 23.4 Å². The molecule has 0 aliphatic rings. The molecule has 2 aromatic carbocycles. The molecule has 1 amide bonds. The molecule has 0 saturated heterocycles. The Hall–Kier alpha value is -3.11. The minimum Gasteiger partial charge on any atom is -0.310 e. The minimum atomic E-state index is -0.0518. The Labute approximate surface area is 181 Å². The van der Waals surface area contributed by atoms with Crippen molar-refractivity contribution in [3.63, 3.8) is 0 Å². The van der Waals surface area contributed by atoms with E-state index in [0.717, 1.165) is 33.8 Å². The van der Waals surface area contributed by atoms with Crippen molar-refractivity contribution in [3.05, 3.63) is 59.2 Å². The topological polar surface area (TPSA) is 74.8 Å². The molecule has 0 atom stereocenters. The second-order valence-corrected chi connectivity index (χ2v) is 8.14. The molecule has 0 spiro atoms. The molecule has 7 heteroatoms. The molecular formula is C23H25N5OS. The summed E-state index contributed by atoms with van der Waals surface area (Å²) in [6, 6.07) is 16.1. The van der Waals surface area contributed by atoms with Gasteiger partial charge < -0.3 is 9.47 Å². The second kappa shape index (κ2) is 9.59. The summed E-state index contributed by atoms with van der Waals surface area (Å²) in [5.41, 5.74) is 5.17. The number of nitrogens with zero attached hydrogens (tertiary/aromatic N) is 5. The fourth-order valence-electron chi connectivity index (χ4n) is 3.25. The molecule has 1 aromatic heterocycles. The number of aromatic nitrogens is 3. The van der Waals surface area contributed by atoms with E-state index in [9.17, 15) is 4.79 Å². The highest BCUT2D eigenvalue weighted by molar-refractivity contribution is 7.99. The molecule has 6 nitrogen and oxygen atoms in total. The van der Waals surface area contributed by atoms with Crippen LogP contribution in [0.5, 0.6) is 0 Å². The van der Waals surface area contributed by atoms with Gasteiger partial charge in [0, 0.05) is 24.8 Å². The molecule has 154 valence electrons. The fraction of sp³-hybridized carbons (Fsp3) is 0.304. The van der Waals surface area contributed by atoms with Gasteiger partial charge in [-0.05, 0) is 44.0 Å². The first kappa shape index (κ1) is 21.6. The molecule has 0 radical (unpaired) electrons. The summed E-state index contributed by atoms with van der Waals surface area (Å²) in [4.78, 5) is 14.8. The Bertz CT molecular complexity index is 1100. The van der Waals surface area contributed by atoms with Crippen molar-refractivity contribution in [2.24, 2.45) is 7.05 Å². The predicted octanol–water partition coefficient (Wildman–Crippen LogP) is 4.45. The quantitative estimate of drug-likeness (QED) is 0.529. The van der Waals surface area contributed by atoms with Gasteiger partial charge in [-0.1, -0.05) is 47.7 Å². The molecule has 3 rings (SSSR count). The molecule has 0 unspecified atom stereocenters. The number of anilines is 1. The Balaban J connectivity index is 1.77. The van der Waals surface area contributed by atoms with Crippen molar-refractivity contribution in [2.45, 2.75) is 32.3 Å². The van der Waals surface area contributed by atoms with Crippen molar-refractivity contribution in [1.29, 1.82) is 5.26 Å². The lowest BCUT2D eigenvalue weighted by molar-refractivity contribution is -0.116. The zero-order valence-electron chi connectivity index (χ0n) is 17.7. The monoisotopic (exact) mass is 419 g/mol. The van der Waals surface area contributed by atoms with E-state index in [0.29, 0.717) is 11.7 Å². The van der Waals surface area contributed by atoms with Crippen LogP contribution in [0.3, 0.4) is 0 Å². The van der Waals surface area contributed by atoms with Crippen LogP contribution in [0.4, 0.5) is 5.69 Å². The van der Waals surface area contributed by atoms with Gasteiger partial charge in [0.25, 0.3) is 0 Å². The highest BCUT2D eigenvalue weighted by Gasteiger charge is 2.20. The molecular weight excluding hydrogens is 394 g/mol. The third kappa shape index (κ3) is 4.71. The summed E-state index contributed by atoms with van der Waals surface area (Å²) in [5, 5.41) is 18.3. The maximum Gasteiger partial charge on any atom is 0.237 e. The van der Waals surface area contributed by atoms with E-state index in [2.05, 4.69) is 22.3 Å². The maximum atomic E-state index is 13.1. The molecule has 0 fully saturated rings. The number of carbonyl (C=O) groups excluding carboxylic acids is 1. The Morgan fingerprint density at radius 2 is 1.93 bits per heavy atom. The molecule has 3 aromatic rings. The summed E-state index contributed by atoms with van der Waals surface area (Å²) in [6.45, 7) is 6.43. The minimum absolute atomic E-state index is 0.0518. The van der Waals surface area contributed by atoms with E-state index in [-0.39, 0.29) is 18.1 Å². The summed E-state index contributed by atoms with van der Waals surface area (Å²) in [6.07, 6.45) is 0.283. The van der Waals surface area contributed by atoms with Crippen molar-refractivity contribution in [3.8, 4) is 17.5 Å². The number of carbonyl (C=O) groups is 1. The smallest absolute Gasteiger partial charge is 0.237 e. The van der Waals surface area contributed by atoms with Gasteiger partial charge in [-0.3, -0.25) is 4.79 Å². The van der Waals surface area contributed by atoms with Crippen LogP contribution in [0.15, 0.2) is 47.6 Å². The lowest BCUT2D eigenvalue weighted by Gasteiger charge is -2.24. The fourth-order valence-corrected chi connectivity index (χ4v) is 4.04. The summed E-state index contributed by atoms with van der Waals surface area (Å²) in [5.74, 6) is 0.937. The van der Waals surface area contributed by atoms with Gasteiger partial charge in [-0.15, -0.1) is 10.2 Å². The molecule has 1 heterocycles. The predicted molar refractivity (Wildman–Crippen MR) is 120 cm³/mol. The van der Waals surface area contributed by atoms with E-state index in [4.69, 9.17) is 5.26 Å². The van der Waals surface area contributed by atoms with Crippen molar-refractivity contribution < 1.29 is 4.79 Å². The first-order valence-corrected chi connectivity index (χ1v) is 10.7. The zero-order valence-corrected chi connectivity index (χ0v) is 18.5. The first-order valence-electron chi connectivity index (χ1n) is 9.75. The number of aryl methyl sites for hydroxylation is 2. The van der Waals surface area contributed by atoms with Crippen LogP contribution in [-0.2, 0) is 11.8 Å². The van der Waals surface area contributed by atoms with Gasteiger partial charge in [0.2, 0.25) is 5.91 Å². The van der Waals surface area contributed by atoms with Gasteiger partial charge in [-0.25, -0.2) is 0 Å². The lowest BCUT2D eigenvalue weighted by atomic mass is 10.1. The van der Waals surface area contributed by atoms with E-state index < -0.39 is 0 Å². The number of hydrogen-bond acceptors (Lipinski definition) is 5. The van der Waals surface area contributed by atoms with Crippen molar-refractivity contribution in [2.75, 3.05) is 17.2 Å². The Morgan fingerprint density at radius 3 is 2.67 bits per heavy atom. The van der Waals surface area contributed by atoms with Gasteiger partial charge in [0.15, 0.2) is 11.0 Å². The van der Waals surface area contributed by atoms with Crippen molar-refractivity contribution in [1.82, 2.24) is 14.8 Å². The third-order valence-corrected chi connectivity index (χ3v) is 6.06. The van der Waals surface area contributed by atoms with E-state index >= 15 is 0 Å². The van der Waals surface area contributed by atoms with Crippen LogP contribution in [0.25, 0.3) is 11.4 Å². The maximum absolute atomic E-state index is 13.1. The van der Waals surface area contributed by atoms with E-state index in [1.165, 1.54) is 11.8 Å². The van der Waals surface area contributed by atoms with Gasteiger partial charge in [0.05, 0.1) is 18.2 Å². The highest BCUT2D eigenvalue weighted by Crippen LogP contribution is 2.26. The van der Waals surface area contributed by atoms with Gasteiger partial charge in [-0.2, -0.15) is 5.26 Å². The summed E-state index contributed by atoms with van der Waals surface area (Å²) in [7, 11) is 1.91. The number of thioether (sulfide) groups is 1. The van der Waals surface area contributed by atoms with Gasteiger partial charge in [0.1, 0.15) is 0 Å².